The molecule has 0 radical (unpaired) electrons. The molecule has 1 saturated carbocycles. The third-order valence-corrected chi connectivity index (χ3v) is 4.37. The van der Waals surface area contributed by atoms with Crippen molar-refractivity contribution in [2.45, 2.75) is 37.0 Å². The summed E-state index contributed by atoms with van der Waals surface area (Å²) >= 11 is 1.99. The second-order valence-electron chi connectivity index (χ2n) is 4.45. The highest BCUT2D eigenvalue weighted by Crippen LogP contribution is 2.30. The molecule has 0 aromatic heterocycles. The van der Waals surface area contributed by atoms with Crippen LogP contribution in [0.3, 0.4) is 0 Å². The van der Waals surface area contributed by atoms with Crippen LogP contribution >= 0.6 is 11.8 Å². The van der Waals surface area contributed by atoms with Crippen molar-refractivity contribution in [3.8, 4) is 0 Å². The summed E-state index contributed by atoms with van der Waals surface area (Å²) in [6.45, 7) is 0. The summed E-state index contributed by atoms with van der Waals surface area (Å²) in [6.07, 6.45) is 7.43. The average molecular weight is 236 g/mol. The van der Waals surface area contributed by atoms with Crippen molar-refractivity contribution >= 4 is 23.1 Å². The van der Waals surface area contributed by atoms with Crippen molar-refractivity contribution < 1.29 is 0 Å². The number of thioether (sulfide) groups is 1. The summed E-state index contributed by atoms with van der Waals surface area (Å²) in [4.78, 5) is 0. The van der Waals surface area contributed by atoms with Gasteiger partial charge in [-0.3, -0.25) is 0 Å². The lowest BCUT2D eigenvalue weighted by Crippen LogP contribution is -2.28. The minimum Gasteiger partial charge on any atom is -0.397 e. The highest BCUT2D eigenvalue weighted by Gasteiger charge is 2.21. The molecular formula is C13H20N2S. The number of anilines is 2. The van der Waals surface area contributed by atoms with Crippen molar-refractivity contribution in [2.75, 3.05) is 17.3 Å². The fourth-order valence-electron chi connectivity index (χ4n) is 2.34. The van der Waals surface area contributed by atoms with Gasteiger partial charge in [0, 0.05) is 11.3 Å². The molecule has 1 aliphatic rings. The molecule has 1 aliphatic carbocycles. The fraction of sp³-hybridized carbons (Fsp3) is 0.538. The number of benzene rings is 1. The molecule has 0 aliphatic heterocycles. The van der Waals surface area contributed by atoms with E-state index in [9.17, 15) is 0 Å². The van der Waals surface area contributed by atoms with Crippen LogP contribution in [0.2, 0.25) is 0 Å². The maximum absolute atomic E-state index is 5.94. The van der Waals surface area contributed by atoms with Crippen LogP contribution in [0.4, 0.5) is 11.4 Å². The molecule has 2 atom stereocenters. The summed E-state index contributed by atoms with van der Waals surface area (Å²) in [5.41, 5.74) is 7.88. The molecule has 3 N–H and O–H groups in total. The van der Waals surface area contributed by atoms with Gasteiger partial charge < -0.3 is 11.1 Å². The summed E-state index contributed by atoms with van der Waals surface area (Å²) in [5.74, 6) is 0. The molecule has 0 bridgehead atoms. The number of nitrogen functional groups attached to an aromatic ring is 1. The van der Waals surface area contributed by atoms with E-state index in [4.69, 9.17) is 5.73 Å². The van der Waals surface area contributed by atoms with E-state index in [2.05, 4.69) is 17.6 Å². The largest absolute Gasteiger partial charge is 0.397 e. The van der Waals surface area contributed by atoms with Crippen molar-refractivity contribution in [1.82, 2.24) is 0 Å². The van der Waals surface area contributed by atoms with Crippen LogP contribution in [0, 0.1) is 0 Å². The molecule has 3 heteroatoms. The van der Waals surface area contributed by atoms with Crippen molar-refractivity contribution in [1.29, 1.82) is 0 Å². The van der Waals surface area contributed by atoms with Crippen LogP contribution in [0.15, 0.2) is 24.3 Å². The van der Waals surface area contributed by atoms with E-state index in [0.29, 0.717) is 6.04 Å². The summed E-state index contributed by atoms with van der Waals surface area (Å²) in [6, 6.07) is 8.63. The molecular weight excluding hydrogens is 216 g/mol. The van der Waals surface area contributed by atoms with Crippen LogP contribution in [-0.2, 0) is 0 Å². The number of nitrogens with two attached hydrogens (primary N) is 1. The first-order chi connectivity index (χ1) is 7.79. The molecule has 88 valence electrons. The predicted octanol–water partition coefficient (Wildman–Crippen LogP) is 3.35. The lowest BCUT2D eigenvalue weighted by Gasteiger charge is -2.29. The van der Waals surface area contributed by atoms with Gasteiger partial charge in [0.05, 0.1) is 11.4 Å². The Morgan fingerprint density at radius 2 is 2.12 bits per heavy atom. The lowest BCUT2D eigenvalue weighted by atomic mass is 9.94. The number of hydrogen-bond acceptors (Lipinski definition) is 3. The number of hydrogen-bond donors (Lipinski definition) is 2. The van der Waals surface area contributed by atoms with Gasteiger partial charge in [0.25, 0.3) is 0 Å². The molecule has 1 aromatic carbocycles. The summed E-state index contributed by atoms with van der Waals surface area (Å²) in [5, 5.41) is 4.39. The third kappa shape index (κ3) is 2.85. The Labute approximate surface area is 102 Å². The second-order valence-corrected chi connectivity index (χ2v) is 5.59. The summed E-state index contributed by atoms with van der Waals surface area (Å²) < 4.78 is 0. The Kier molecular flexibility index (Phi) is 3.99. The number of nitrogens with one attached hydrogen (secondary N) is 1. The minimum atomic E-state index is 0.593. The monoisotopic (exact) mass is 236 g/mol. The zero-order chi connectivity index (χ0) is 11.4. The topological polar surface area (TPSA) is 38.0 Å². The number of rotatable bonds is 3. The summed E-state index contributed by atoms with van der Waals surface area (Å²) in [7, 11) is 0. The molecule has 1 fully saturated rings. The van der Waals surface area contributed by atoms with Gasteiger partial charge in [-0.15, -0.1) is 0 Å². The molecule has 2 rings (SSSR count). The molecule has 0 saturated heterocycles. The van der Waals surface area contributed by atoms with Crippen molar-refractivity contribution in [2.24, 2.45) is 0 Å². The van der Waals surface area contributed by atoms with Crippen LogP contribution in [0.1, 0.15) is 25.7 Å². The zero-order valence-electron chi connectivity index (χ0n) is 9.78. The van der Waals surface area contributed by atoms with Gasteiger partial charge in [0.2, 0.25) is 0 Å². The molecule has 0 amide bonds. The van der Waals surface area contributed by atoms with E-state index in [-0.39, 0.29) is 0 Å². The standard InChI is InChI=1S/C13H20N2S/c1-16-11-6-4-5-10(9-11)15-13-8-3-2-7-12(13)14/h2-3,7-8,10-11,15H,4-6,9,14H2,1H3. The molecule has 0 spiro atoms. The normalized spacial score (nSPS) is 25.3. The maximum atomic E-state index is 5.94. The first-order valence-electron chi connectivity index (χ1n) is 5.93. The molecule has 2 unspecified atom stereocenters. The SMILES string of the molecule is CSC1CCCC(Nc2ccccc2N)C1. The lowest BCUT2D eigenvalue weighted by molar-refractivity contribution is 0.474. The Bertz CT molecular complexity index is 340. The quantitative estimate of drug-likeness (QED) is 0.790. The van der Waals surface area contributed by atoms with Crippen LogP contribution < -0.4 is 11.1 Å². The van der Waals surface area contributed by atoms with E-state index < -0.39 is 0 Å². The minimum absolute atomic E-state index is 0.593. The molecule has 1 aromatic rings. The van der Waals surface area contributed by atoms with Gasteiger partial charge in [-0.2, -0.15) is 11.8 Å². The maximum Gasteiger partial charge on any atom is 0.0576 e. The first kappa shape index (κ1) is 11.6. The van der Waals surface area contributed by atoms with Gasteiger partial charge in [0.15, 0.2) is 0 Å². The molecule has 2 nitrogen and oxygen atoms in total. The Hall–Kier alpha value is -0.830. The van der Waals surface area contributed by atoms with Crippen LogP contribution in [0.25, 0.3) is 0 Å². The third-order valence-electron chi connectivity index (χ3n) is 3.28. The van der Waals surface area contributed by atoms with Crippen LogP contribution in [-0.4, -0.2) is 17.5 Å². The van der Waals surface area contributed by atoms with Gasteiger partial charge in [-0.1, -0.05) is 18.6 Å². The Morgan fingerprint density at radius 1 is 1.31 bits per heavy atom. The molecule has 0 heterocycles. The van der Waals surface area contributed by atoms with E-state index >= 15 is 0 Å². The predicted molar refractivity (Wildman–Crippen MR) is 74.0 cm³/mol. The van der Waals surface area contributed by atoms with Gasteiger partial charge >= 0.3 is 0 Å². The van der Waals surface area contributed by atoms with E-state index in [1.807, 2.05) is 30.0 Å². The molecule has 16 heavy (non-hydrogen) atoms. The van der Waals surface area contributed by atoms with Gasteiger partial charge in [-0.05, 0) is 37.7 Å². The number of para-hydroxylation sites is 2. The zero-order valence-corrected chi connectivity index (χ0v) is 10.6. The van der Waals surface area contributed by atoms with Crippen molar-refractivity contribution in [3.63, 3.8) is 0 Å². The van der Waals surface area contributed by atoms with E-state index in [0.717, 1.165) is 16.6 Å². The first-order valence-corrected chi connectivity index (χ1v) is 7.22. The highest BCUT2D eigenvalue weighted by molar-refractivity contribution is 7.99. The van der Waals surface area contributed by atoms with E-state index in [1.54, 1.807) is 0 Å². The van der Waals surface area contributed by atoms with Crippen molar-refractivity contribution in [3.05, 3.63) is 24.3 Å². The fourth-order valence-corrected chi connectivity index (χ4v) is 3.17. The Balaban J connectivity index is 1.97. The van der Waals surface area contributed by atoms with E-state index in [1.165, 1.54) is 25.7 Å². The highest BCUT2D eigenvalue weighted by atomic mass is 32.2. The van der Waals surface area contributed by atoms with Gasteiger partial charge in [-0.25, -0.2) is 0 Å². The smallest absolute Gasteiger partial charge is 0.0576 e. The Morgan fingerprint density at radius 3 is 2.88 bits per heavy atom. The van der Waals surface area contributed by atoms with Crippen LogP contribution in [0.5, 0.6) is 0 Å². The second kappa shape index (κ2) is 5.48. The average Bonchev–Trinajstić information content (AvgIpc) is 2.32. The van der Waals surface area contributed by atoms with Gasteiger partial charge in [0.1, 0.15) is 0 Å².